The molecule has 0 aromatic heterocycles. The molecule has 0 bridgehead atoms. The molecule has 0 aromatic carbocycles. The van der Waals surface area contributed by atoms with E-state index in [2.05, 4.69) is 19.9 Å². The number of allylic oxidation sites excluding steroid dienone is 2. The van der Waals surface area contributed by atoms with Gasteiger partial charge < -0.3 is 5.11 Å². The summed E-state index contributed by atoms with van der Waals surface area (Å²) < 4.78 is 0. The number of fused-ring (bicyclic) bond motifs is 5. The van der Waals surface area contributed by atoms with E-state index in [4.69, 9.17) is 0 Å². The van der Waals surface area contributed by atoms with E-state index in [-0.39, 0.29) is 5.41 Å². The maximum absolute atomic E-state index is 12.1. The summed E-state index contributed by atoms with van der Waals surface area (Å²) in [5.41, 5.74) is 1.23. The molecule has 1 N–H and O–H groups in total. The van der Waals surface area contributed by atoms with Gasteiger partial charge >= 0.3 is 0 Å². The fourth-order valence-electron chi connectivity index (χ4n) is 7.54. The smallest absolute Gasteiger partial charge is 0.156 e. The van der Waals surface area contributed by atoms with Crippen molar-refractivity contribution in [3.8, 4) is 0 Å². The number of carbonyl (C=O) groups is 1. The van der Waals surface area contributed by atoms with Crippen molar-refractivity contribution < 1.29 is 9.90 Å². The highest BCUT2D eigenvalue weighted by Gasteiger charge is 2.59. The second kappa shape index (κ2) is 5.19. The molecule has 0 radical (unpaired) electrons. The first kappa shape index (κ1) is 16.8. The van der Waals surface area contributed by atoms with Crippen LogP contribution in [0, 0.1) is 34.5 Å². The molecule has 3 saturated carbocycles. The number of hydrogen-bond acceptors (Lipinski definition) is 2. The molecule has 0 heterocycles. The summed E-state index contributed by atoms with van der Waals surface area (Å²) in [6.45, 7) is 8.69. The van der Waals surface area contributed by atoms with Crippen LogP contribution in [0.2, 0.25) is 0 Å². The van der Waals surface area contributed by atoms with E-state index in [9.17, 15) is 9.90 Å². The molecule has 24 heavy (non-hydrogen) atoms. The molecule has 134 valence electrons. The Morgan fingerprint density at radius 2 is 1.83 bits per heavy atom. The summed E-state index contributed by atoms with van der Waals surface area (Å²) >= 11 is 0. The molecule has 0 saturated heterocycles. The minimum absolute atomic E-state index is 0.135. The van der Waals surface area contributed by atoms with Gasteiger partial charge in [0.1, 0.15) is 0 Å². The number of Topliss-reactive ketones (excluding diaryl/α,β-unsaturated/α-hetero) is 1. The number of ketones is 1. The first-order valence-corrected chi connectivity index (χ1v) is 10.1. The standard InChI is InChI=1S/C22H34O2/c1-14(23)17-7-8-18-16-6-5-15-13-20(2,24)11-12-21(15,3)19(16)9-10-22(17,18)4/h7,15-16,18-19,24H,5-6,8-13H2,1-4H3/t15-,16+,18+,19+,20-,21+,22-/m1/s1. The van der Waals surface area contributed by atoms with Crippen molar-refractivity contribution in [3.05, 3.63) is 11.6 Å². The van der Waals surface area contributed by atoms with Gasteiger partial charge in [0.15, 0.2) is 5.78 Å². The first-order valence-electron chi connectivity index (χ1n) is 10.1. The zero-order valence-corrected chi connectivity index (χ0v) is 15.9. The SMILES string of the molecule is CC(=O)C1=CC[C@H]2[C@@H]3CC[C@@H]4C[C@](C)(O)CC[C@]4(C)[C@H]3CC[C@]12C. The lowest BCUT2D eigenvalue weighted by atomic mass is 9.44. The van der Waals surface area contributed by atoms with Crippen LogP contribution in [0.1, 0.15) is 79.1 Å². The number of hydrogen-bond donors (Lipinski definition) is 1. The van der Waals surface area contributed by atoms with Gasteiger partial charge in [-0.3, -0.25) is 4.79 Å². The van der Waals surface area contributed by atoms with Crippen LogP contribution in [0.15, 0.2) is 11.6 Å². The topological polar surface area (TPSA) is 37.3 Å². The monoisotopic (exact) mass is 330 g/mol. The van der Waals surface area contributed by atoms with Gasteiger partial charge in [-0.25, -0.2) is 0 Å². The second-order valence-electron chi connectivity index (χ2n) is 10.2. The minimum Gasteiger partial charge on any atom is -0.390 e. The van der Waals surface area contributed by atoms with Gasteiger partial charge in [0.25, 0.3) is 0 Å². The largest absolute Gasteiger partial charge is 0.390 e. The van der Waals surface area contributed by atoms with Crippen LogP contribution >= 0.6 is 0 Å². The Balaban J connectivity index is 1.62. The van der Waals surface area contributed by atoms with E-state index in [1.165, 1.54) is 32.1 Å². The first-order chi connectivity index (χ1) is 11.2. The second-order valence-corrected chi connectivity index (χ2v) is 10.2. The quantitative estimate of drug-likeness (QED) is 0.742. The predicted octanol–water partition coefficient (Wildman–Crippen LogP) is 4.91. The molecule has 4 rings (SSSR count). The summed E-state index contributed by atoms with van der Waals surface area (Å²) in [7, 11) is 0. The lowest BCUT2D eigenvalue weighted by molar-refractivity contribution is -0.141. The maximum atomic E-state index is 12.1. The van der Waals surface area contributed by atoms with Crippen LogP contribution < -0.4 is 0 Å². The molecule has 0 amide bonds. The summed E-state index contributed by atoms with van der Waals surface area (Å²) in [6.07, 6.45) is 11.6. The number of carbonyl (C=O) groups excluding carboxylic acids is 1. The third kappa shape index (κ3) is 2.21. The molecule has 0 aliphatic heterocycles. The minimum atomic E-state index is -0.448. The van der Waals surface area contributed by atoms with Crippen molar-refractivity contribution in [2.45, 2.75) is 84.7 Å². The van der Waals surface area contributed by atoms with Crippen LogP contribution in [0.4, 0.5) is 0 Å². The van der Waals surface area contributed by atoms with Crippen LogP contribution in [0.25, 0.3) is 0 Å². The summed E-state index contributed by atoms with van der Waals surface area (Å²) in [5.74, 6) is 3.24. The maximum Gasteiger partial charge on any atom is 0.156 e. The van der Waals surface area contributed by atoms with Gasteiger partial charge in [-0.2, -0.15) is 0 Å². The third-order valence-electron chi connectivity index (χ3n) is 8.91. The highest BCUT2D eigenvalue weighted by atomic mass is 16.3. The Bertz CT molecular complexity index is 589. The van der Waals surface area contributed by atoms with E-state index in [0.29, 0.717) is 23.0 Å². The Hall–Kier alpha value is -0.630. The number of aliphatic hydroxyl groups is 1. The molecule has 4 aliphatic carbocycles. The molecule has 3 fully saturated rings. The zero-order valence-electron chi connectivity index (χ0n) is 15.9. The lowest BCUT2D eigenvalue weighted by Gasteiger charge is -2.61. The summed E-state index contributed by atoms with van der Waals surface area (Å²) in [4.78, 5) is 12.1. The molecular weight excluding hydrogens is 296 g/mol. The Kier molecular flexibility index (Phi) is 3.64. The van der Waals surface area contributed by atoms with Crippen LogP contribution in [-0.4, -0.2) is 16.5 Å². The average Bonchev–Trinajstić information content (AvgIpc) is 2.85. The summed E-state index contributed by atoms with van der Waals surface area (Å²) in [6, 6.07) is 0. The van der Waals surface area contributed by atoms with Crippen molar-refractivity contribution in [1.82, 2.24) is 0 Å². The van der Waals surface area contributed by atoms with E-state index < -0.39 is 5.60 Å². The molecule has 0 unspecified atom stereocenters. The number of rotatable bonds is 1. The van der Waals surface area contributed by atoms with Gasteiger partial charge in [0.2, 0.25) is 0 Å². The van der Waals surface area contributed by atoms with Gasteiger partial charge in [-0.05, 0) is 105 Å². The van der Waals surface area contributed by atoms with Crippen LogP contribution in [0.5, 0.6) is 0 Å². The van der Waals surface area contributed by atoms with E-state index in [1.807, 2.05) is 6.92 Å². The van der Waals surface area contributed by atoms with Gasteiger partial charge in [0, 0.05) is 0 Å². The highest BCUT2D eigenvalue weighted by Crippen LogP contribution is 2.66. The molecule has 0 spiro atoms. The third-order valence-corrected chi connectivity index (χ3v) is 8.91. The fraction of sp³-hybridized carbons (Fsp3) is 0.864. The molecule has 2 heteroatoms. The lowest BCUT2D eigenvalue weighted by Crippen LogP contribution is -2.55. The molecule has 4 aliphatic rings. The van der Waals surface area contributed by atoms with Crippen molar-refractivity contribution in [2.75, 3.05) is 0 Å². The van der Waals surface area contributed by atoms with E-state index in [1.54, 1.807) is 6.92 Å². The van der Waals surface area contributed by atoms with Gasteiger partial charge in [-0.15, -0.1) is 0 Å². The highest BCUT2D eigenvalue weighted by molar-refractivity contribution is 5.95. The van der Waals surface area contributed by atoms with Crippen molar-refractivity contribution >= 4 is 5.78 Å². The Morgan fingerprint density at radius 1 is 1.08 bits per heavy atom. The molecule has 2 nitrogen and oxygen atoms in total. The van der Waals surface area contributed by atoms with Crippen LogP contribution in [-0.2, 0) is 4.79 Å². The zero-order chi connectivity index (χ0) is 17.3. The van der Waals surface area contributed by atoms with E-state index >= 15 is 0 Å². The van der Waals surface area contributed by atoms with Crippen molar-refractivity contribution in [1.29, 1.82) is 0 Å². The van der Waals surface area contributed by atoms with Gasteiger partial charge in [0.05, 0.1) is 5.60 Å². The predicted molar refractivity (Wildman–Crippen MR) is 96.5 cm³/mol. The molecule has 0 aromatic rings. The summed E-state index contributed by atoms with van der Waals surface area (Å²) in [5, 5.41) is 10.6. The van der Waals surface area contributed by atoms with E-state index in [0.717, 1.165) is 36.7 Å². The fourth-order valence-corrected chi connectivity index (χ4v) is 7.54. The Morgan fingerprint density at radius 3 is 2.54 bits per heavy atom. The Labute approximate surface area is 147 Å². The van der Waals surface area contributed by atoms with Crippen molar-refractivity contribution in [2.24, 2.45) is 34.5 Å². The average molecular weight is 331 g/mol. The van der Waals surface area contributed by atoms with Gasteiger partial charge in [-0.1, -0.05) is 19.9 Å². The van der Waals surface area contributed by atoms with Crippen LogP contribution in [0.3, 0.4) is 0 Å². The molecule has 7 atom stereocenters. The normalized spacial score (nSPS) is 53.6. The molecular formula is C22H34O2. The van der Waals surface area contributed by atoms with Crippen molar-refractivity contribution in [3.63, 3.8) is 0 Å².